The van der Waals surface area contributed by atoms with Crippen molar-refractivity contribution in [1.82, 2.24) is 29.9 Å². The molecule has 9 nitrogen and oxygen atoms in total. The van der Waals surface area contributed by atoms with Crippen LogP contribution in [-0.2, 0) is 9.53 Å². The summed E-state index contributed by atoms with van der Waals surface area (Å²) in [6, 6.07) is 11.2. The van der Waals surface area contributed by atoms with Crippen LogP contribution < -0.4 is 10.6 Å². The topological polar surface area (TPSA) is 109 Å². The normalized spacial score (nSPS) is 12.1. The van der Waals surface area contributed by atoms with E-state index >= 15 is 0 Å². The van der Waals surface area contributed by atoms with E-state index in [9.17, 15) is 9.18 Å². The third-order valence-electron chi connectivity index (χ3n) is 4.37. The molecule has 0 saturated carbocycles. The van der Waals surface area contributed by atoms with Gasteiger partial charge in [-0.3, -0.25) is 14.3 Å². The number of anilines is 2. The van der Waals surface area contributed by atoms with Gasteiger partial charge in [0, 0.05) is 25.7 Å². The van der Waals surface area contributed by atoms with Crippen molar-refractivity contribution in [2.24, 2.45) is 0 Å². The molecule has 4 aromatic rings. The predicted molar refractivity (Wildman–Crippen MR) is 108 cm³/mol. The van der Waals surface area contributed by atoms with Crippen LogP contribution in [0.5, 0.6) is 0 Å². The first-order chi connectivity index (χ1) is 14.6. The molecule has 0 amide bonds. The summed E-state index contributed by atoms with van der Waals surface area (Å²) in [7, 11) is 0. The molecule has 0 aliphatic heterocycles. The number of hydrogen-bond acceptors (Lipinski definition) is 7. The van der Waals surface area contributed by atoms with Gasteiger partial charge in [-0.2, -0.15) is 10.1 Å². The Hall–Kier alpha value is -3.79. The number of hydrogen-bond donors (Lipinski definition) is 3. The van der Waals surface area contributed by atoms with Gasteiger partial charge in [-0.15, -0.1) is 0 Å². The van der Waals surface area contributed by atoms with Gasteiger partial charge in [0.05, 0.1) is 12.2 Å². The minimum Gasteiger partial charge on any atom is -0.465 e. The van der Waals surface area contributed by atoms with Crippen LogP contribution in [-0.4, -0.2) is 43.7 Å². The van der Waals surface area contributed by atoms with E-state index in [1.54, 1.807) is 24.4 Å². The largest absolute Gasteiger partial charge is 0.465 e. The Labute approximate surface area is 171 Å². The maximum atomic E-state index is 13.5. The number of carbonyl (C=O) groups excluding carboxylic acids is 1. The van der Waals surface area contributed by atoms with Crippen molar-refractivity contribution in [3.63, 3.8) is 0 Å². The van der Waals surface area contributed by atoms with E-state index in [1.165, 1.54) is 19.1 Å². The molecule has 1 atom stereocenters. The number of aromatic amines is 1. The van der Waals surface area contributed by atoms with Gasteiger partial charge in [0.1, 0.15) is 23.9 Å². The predicted octanol–water partition coefficient (Wildman–Crippen LogP) is 2.58. The first-order valence-corrected chi connectivity index (χ1v) is 9.34. The number of carbonyl (C=O) groups is 1. The number of benzene rings is 1. The van der Waals surface area contributed by atoms with Crippen LogP contribution in [0.1, 0.15) is 24.4 Å². The van der Waals surface area contributed by atoms with Crippen molar-refractivity contribution >= 4 is 23.4 Å². The van der Waals surface area contributed by atoms with Gasteiger partial charge in [-0.05, 0) is 29.8 Å². The number of ether oxygens (including phenoxy) is 1. The van der Waals surface area contributed by atoms with Gasteiger partial charge in [0.25, 0.3) is 0 Å². The second-order valence-electron chi connectivity index (χ2n) is 6.52. The Kier molecular flexibility index (Phi) is 5.66. The summed E-state index contributed by atoms with van der Waals surface area (Å²) in [5.74, 6) is 1.01. The van der Waals surface area contributed by atoms with Crippen LogP contribution in [0.3, 0.4) is 0 Å². The third kappa shape index (κ3) is 4.44. The highest BCUT2D eigenvalue weighted by Crippen LogP contribution is 2.23. The van der Waals surface area contributed by atoms with Crippen molar-refractivity contribution in [2.75, 3.05) is 18.5 Å². The highest BCUT2D eigenvalue weighted by atomic mass is 19.1. The average molecular weight is 409 g/mol. The van der Waals surface area contributed by atoms with E-state index < -0.39 is 6.04 Å². The van der Waals surface area contributed by atoms with Crippen LogP contribution >= 0.6 is 0 Å². The Morgan fingerprint density at radius 1 is 1.23 bits per heavy atom. The molecular formula is C20H20FN7O2. The van der Waals surface area contributed by atoms with E-state index in [4.69, 9.17) is 4.74 Å². The molecule has 10 heteroatoms. The smallest absolute Gasteiger partial charge is 0.302 e. The molecule has 3 aromatic heterocycles. The summed E-state index contributed by atoms with van der Waals surface area (Å²) in [6.45, 7) is 1.93. The summed E-state index contributed by atoms with van der Waals surface area (Å²) in [5.41, 5.74) is 1.47. The van der Waals surface area contributed by atoms with Crippen molar-refractivity contribution in [1.29, 1.82) is 0 Å². The number of fused-ring (bicyclic) bond motifs is 1. The highest BCUT2D eigenvalue weighted by molar-refractivity contribution is 5.65. The van der Waals surface area contributed by atoms with Crippen molar-refractivity contribution in [2.45, 2.75) is 13.0 Å². The molecule has 154 valence electrons. The molecule has 0 saturated heterocycles. The number of nitrogens with one attached hydrogen (secondary N) is 3. The molecular weight excluding hydrogens is 389 g/mol. The molecule has 3 heterocycles. The van der Waals surface area contributed by atoms with Gasteiger partial charge in [-0.1, -0.05) is 12.1 Å². The summed E-state index contributed by atoms with van der Waals surface area (Å²) in [4.78, 5) is 20.4. The maximum absolute atomic E-state index is 13.5. The van der Waals surface area contributed by atoms with Crippen molar-refractivity contribution in [3.8, 4) is 0 Å². The lowest BCUT2D eigenvalue weighted by molar-refractivity contribution is -0.140. The first-order valence-electron chi connectivity index (χ1n) is 9.34. The Bertz CT molecular complexity index is 1130. The van der Waals surface area contributed by atoms with Crippen LogP contribution in [0.15, 0.2) is 54.9 Å². The number of nitrogens with zero attached hydrogens (tertiary/aromatic N) is 4. The number of halogens is 1. The molecule has 0 aliphatic rings. The van der Waals surface area contributed by atoms with Gasteiger partial charge in [0.15, 0.2) is 5.82 Å². The second kappa shape index (κ2) is 8.70. The van der Waals surface area contributed by atoms with Gasteiger partial charge >= 0.3 is 5.97 Å². The van der Waals surface area contributed by atoms with E-state index in [-0.39, 0.29) is 18.4 Å². The van der Waals surface area contributed by atoms with Gasteiger partial charge in [-0.25, -0.2) is 9.37 Å². The van der Waals surface area contributed by atoms with E-state index in [0.717, 1.165) is 5.56 Å². The fraction of sp³-hybridized carbons (Fsp3) is 0.200. The van der Waals surface area contributed by atoms with Crippen molar-refractivity contribution < 1.29 is 13.9 Å². The SMILES string of the molecule is CC(=O)OCCNC(c1ccc(F)cc1)c1nc(Nc2ccn[nH]2)n2cccc2n1. The zero-order chi connectivity index (χ0) is 20.9. The Morgan fingerprint density at radius 3 is 2.80 bits per heavy atom. The highest BCUT2D eigenvalue weighted by Gasteiger charge is 2.20. The molecule has 0 radical (unpaired) electrons. The lowest BCUT2D eigenvalue weighted by atomic mass is 10.1. The van der Waals surface area contributed by atoms with Gasteiger partial charge in [0.2, 0.25) is 5.95 Å². The summed E-state index contributed by atoms with van der Waals surface area (Å²) < 4.78 is 20.3. The second-order valence-corrected chi connectivity index (χ2v) is 6.52. The quantitative estimate of drug-likeness (QED) is 0.303. The molecule has 30 heavy (non-hydrogen) atoms. The Balaban J connectivity index is 1.69. The molecule has 1 aromatic carbocycles. The van der Waals surface area contributed by atoms with Gasteiger partial charge < -0.3 is 15.4 Å². The fourth-order valence-corrected chi connectivity index (χ4v) is 3.02. The molecule has 0 spiro atoms. The van der Waals surface area contributed by atoms with E-state index in [2.05, 4.69) is 30.8 Å². The molecule has 4 rings (SSSR count). The number of esters is 1. The standard InChI is InChI=1S/C20H20FN7O2/c1-13(29)30-12-10-22-18(14-4-6-15(21)7-5-14)19-25-17-3-2-11-28(17)20(26-19)24-16-8-9-23-27-16/h2-9,11,18,22H,10,12H2,1H3,(H2,23,24,25,26,27). The molecule has 3 N–H and O–H groups in total. The average Bonchev–Trinajstić information content (AvgIpc) is 3.40. The maximum Gasteiger partial charge on any atom is 0.302 e. The Morgan fingerprint density at radius 2 is 2.07 bits per heavy atom. The lowest BCUT2D eigenvalue weighted by Gasteiger charge is -2.19. The van der Waals surface area contributed by atoms with Crippen LogP contribution in [0.25, 0.3) is 5.65 Å². The summed E-state index contributed by atoms with van der Waals surface area (Å²) in [6.07, 6.45) is 3.48. The number of H-pyrrole nitrogens is 1. The number of rotatable bonds is 8. The number of aromatic nitrogens is 5. The third-order valence-corrected chi connectivity index (χ3v) is 4.37. The molecule has 0 bridgehead atoms. The van der Waals surface area contributed by atoms with E-state index in [0.29, 0.717) is 29.8 Å². The minimum atomic E-state index is -0.441. The van der Waals surface area contributed by atoms with Crippen LogP contribution in [0, 0.1) is 5.82 Å². The first kappa shape index (κ1) is 19.5. The molecule has 0 fully saturated rings. The van der Waals surface area contributed by atoms with Crippen molar-refractivity contribution in [3.05, 3.63) is 72.1 Å². The lowest BCUT2D eigenvalue weighted by Crippen LogP contribution is -2.28. The minimum absolute atomic E-state index is 0.194. The monoisotopic (exact) mass is 409 g/mol. The summed E-state index contributed by atoms with van der Waals surface area (Å²) >= 11 is 0. The molecule has 0 aliphatic carbocycles. The van der Waals surface area contributed by atoms with Crippen LogP contribution in [0.4, 0.5) is 16.2 Å². The van der Waals surface area contributed by atoms with E-state index in [1.807, 2.05) is 22.7 Å². The fourth-order valence-electron chi connectivity index (χ4n) is 3.02. The van der Waals surface area contributed by atoms with Crippen LogP contribution in [0.2, 0.25) is 0 Å². The summed E-state index contributed by atoms with van der Waals surface area (Å²) in [5, 5.41) is 13.3. The zero-order valence-electron chi connectivity index (χ0n) is 16.2. The molecule has 1 unspecified atom stereocenters. The zero-order valence-corrected chi connectivity index (χ0v) is 16.2.